The lowest BCUT2D eigenvalue weighted by Crippen LogP contribution is -2.38. The molecule has 4 heterocycles. The second kappa shape index (κ2) is 7.07. The molecule has 0 aliphatic carbocycles. The van der Waals surface area contributed by atoms with Crippen molar-refractivity contribution in [1.29, 1.82) is 0 Å². The zero-order chi connectivity index (χ0) is 18.1. The standard InChI is InChI=1S/C19H25N5O2/c1-13(2)12-24-19-16(11-21-24)15(10-17(25)22-19)14-4-3-5-20-18(14)23-6-8-26-9-7-23/h3-5,11,13,15H,6-10,12H2,1-2H3,(H,22,25)/t15-/m0/s1. The van der Waals surface area contributed by atoms with E-state index in [2.05, 4.69) is 40.2 Å². The smallest absolute Gasteiger partial charge is 0.226 e. The van der Waals surface area contributed by atoms with Crippen LogP contribution in [0.2, 0.25) is 0 Å². The minimum absolute atomic E-state index is 0.0220. The number of hydrogen-bond acceptors (Lipinski definition) is 5. The van der Waals surface area contributed by atoms with Gasteiger partial charge in [-0.2, -0.15) is 5.10 Å². The third-order valence-electron chi connectivity index (χ3n) is 4.93. The van der Waals surface area contributed by atoms with Gasteiger partial charge in [0.1, 0.15) is 11.6 Å². The van der Waals surface area contributed by atoms with Gasteiger partial charge in [0, 0.05) is 49.3 Å². The van der Waals surface area contributed by atoms with Gasteiger partial charge in [-0.3, -0.25) is 4.79 Å². The number of amides is 1. The van der Waals surface area contributed by atoms with E-state index in [1.54, 1.807) is 0 Å². The number of morpholine rings is 1. The van der Waals surface area contributed by atoms with Crippen molar-refractivity contribution in [2.24, 2.45) is 5.92 Å². The first kappa shape index (κ1) is 17.0. The quantitative estimate of drug-likeness (QED) is 0.911. The summed E-state index contributed by atoms with van der Waals surface area (Å²) in [7, 11) is 0. The van der Waals surface area contributed by atoms with Gasteiger partial charge in [-0.05, 0) is 12.0 Å². The molecule has 1 atom stereocenters. The van der Waals surface area contributed by atoms with Crippen LogP contribution in [0.25, 0.3) is 0 Å². The molecule has 0 radical (unpaired) electrons. The largest absolute Gasteiger partial charge is 0.378 e. The van der Waals surface area contributed by atoms with Crippen LogP contribution in [0.3, 0.4) is 0 Å². The van der Waals surface area contributed by atoms with Crippen LogP contribution in [0.1, 0.15) is 37.3 Å². The van der Waals surface area contributed by atoms with E-state index in [0.29, 0.717) is 25.6 Å². The number of anilines is 2. The van der Waals surface area contributed by atoms with Gasteiger partial charge in [-0.15, -0.1) is 0 Å². The highest BCUT2D eigenvalue weighted by Gasteiger charge is 2.32. The lowest BCUT2D eigenvalue weighted by Gasteiger charge is -2.32. The Morgan fingerprint density at radius 3 is 2.88 bits per heavy atom. The van der Waals surface area contributed by atoms with Gasteiger partial charge in [-0.25, -0.2) is 9.67 Å². The van der Waals surface area contributed by atoms with Crippen LogP contribution in [0.5, 0.6) is 0 Å². The van der Waals surface area contributed by atoms with Crippen LogP contribution >= 0.6 is 0 Å². The summed E-state index contributed by atoms with van der Waals surface area (Å²) >= 11 is 0. The molecule has 0 bridgehead atoms. The molecule has 0 unspecified atom stereocenters. The van der Waals surface area contributed by atoms with E-state index >= 15 is 0 Å². The highest BCUT2D eigenvalue weighted by Crippen LogP contribution is 2.40. The molecule has 2 aliphatic rings. The normalized spacial score (nSPS) is 20.2. The number of carbonyl (C=O) groups excluding carboxylic acids is 1. The Balaban J connectivity index is 1.73. The summed E-state index contributed by atoms with van der Waals surface area (Å²) in [5, 5.41) is 7.56. The van der Waals surface area contributed by atoms with E-state index in [1.165, 1.54) is 0 Å². The fourth-order valence-corrected chi connectivity index (χ4v) is 3.75. The third kappa shape index (κ3) is 3.19. The van der Waals surface area contributed by atoms with Crippen LogP contribution in [0, 0.1) is 5.92 Å². The van der Waals surface area contributed by atoms with Crippen molar-refractivity contribution in [2.75, 3.05) is 36.5 Å². The minimum Gasteiger partial charge on any atom is -0.378 e. The molecule has 2 aromatic rings. The molecule has 26 heavy (non-hydrogen) atoms. The summed E-state index contributed by atoms with van der Waals surface area (Å²) in [6.45, 7) is 8.13. The van der Waals surface area contributed by atoms with E-state index < -0.39 is 0 Å². The molecule has 0 aromatic carbocycles. The van der Waals surface area contributed by atoms with Crippen LogP contribution in [-0.2, 0) is 16.1 Å². The second-order valence-electron chi connectivity index (χ2n) is 7.35. The Morgan fingerprint density at radius 2 is 2.12 bits per heavy atom. The molecule has 1 N–H and O–H groups in total. The minimum atomic E-state index is -0.0220. The van der Waals surface area contributed by atoms with Crippen molar-refractivity contribution in [3.05, 3.63) is 35.7 Å². The van der Waals surface area contributed by atoms with E-state index in [-0.39, 0.29) is 11.8 Å². The first-order valence-corrected chi connectivity index (χ1v) is 9.26. The number of pyridine rings is 1. The molecule has 7 nitrogen and oxygen atoms in total. The van der Waals surface area contributed by atoms with Crippen molar-refractivity contribution in [3.63, 3.8) is 0 Å². The van der Waals surface area contributed by atoms with Gasteiger partial charge >= 0.3 is 0 Å². The van der Waals surface area contributed by atoms with Crippen LogP contribution in [0.15, 0.2) is 24.5 Å². The Morgan fingerprint density at radius 1 is 1.31 bits per heavy atom. The number of nitrogens with one attached hydrogen (secondary N) is 1. The number of rotatable bonds is 4. The zero-order valence-corrected chi connectivity index (χ0v) is 15.3. The highest BCUT2D eigenvalue weighted by atomic mass is 16.5. The Kier molecular flexibility index (Phi) is 4.63. The number of nitrogens with zero attached hydrogens (tertiary/aromatic N) is 4. The number of fused-ring (bicyclic) bond motifs is 1. The van der Waals surface area contributed by atoms with Gasteiger partial charge in [-0.1, -0.05) is 19.9 Å². The molecule has 1 saturated heterocycles. The molecular weight excluding hydrogens is 330 g/mol. The van der Waals surface area contributed by atoms with Crippen molar-refractivity contribution in [2.45, 2.75) is 32.7 Å². The summed E-state index contributed by atoms with van der Waals surface area (Å²) in [5.74, 6) is 2.25. The van der Waals surface area contributed by atoms with Crippen molar-refractivity contribution in [1.82, 2.24) is 14.8 Å². The van der Waals surface area contributed by atoms with E-state index in [9.17, 15) is 4.79 Å². The van der Waals surface area contributed by atoms with E-state index in [1.807, 2.05) is 23.1 Å². The van der Waals surface area contributed by atoms with E-state index in [0.717, 1.165) is 42.4 Å². The summed E-state index contributed by atoms with van der Waals surface area (Å²) in [5.41, 5.74) is 2.17. The number of aromatic nitrogens is 3. The summed E-state index contributed by atoms with van der Waals surface area (Å²) in [6, 6.07) is 4.04. The average Bonchev–Trinajstić information content (AvgIpc) is 3.04. The fourth-order valence-electron chi connectivity index (χ4n) is 3.75. The average molecular weight is 355 g/mol. The second-order valence-corrected chi connectivity index (χ2v) is 7.35. The molecule has 7 heteroatoms. The molecular formula is C19H25N5O2. The predicted molar refractivity (Wildman–Crippen MR) is 99.4 cm³/mol. The lowest BCUT2D eigenvalue weighted by atomic mass is 9.87. The maximum absolute atomic E-state index is 12.4. The third-order valence-corrected chi connectivity index (χ3v) is 4.93. The van der Waals surface area contributed by atoms with Crippen LogP contribution in [-0.4, -0.2) is 47.0 Å². The topological polar surface area (TPSA) is 72.3 Å². The molecule has 4 rings (SSSR count). The van der Waals surface area contributed by atoms with Gasteiger partial charge in [0.25, 0.3) is 0 Å². The lowest BCUT2D eigenvalue weighted by molar-refractivity contribution is -0.116. The number of carbonyl (C=O) groups is 1. The van der Waals surface area contributed by atoms with Crippen molar-refractivity contribution in [3.8, 4) is 0 Å². The molecule has 1 amide bonds. The maximum Gasteiger partial charge on any atom is 0.226 e. The maximum atomic E-state index is 12.4. The molecule has 2 aliphatic heterocycles. The van der Waals surface area contributed by atoms with Gasteiger partial charge in [0.15, 0.2) is 0 Å². The fraction of sp³-hybridized carbons (Fsp3) is 0.526. The molecule has 138 valence electrons. The number of hydrogen-bond donors (Lipinski definition) is 1. The van der Waals surface area contributed by atoms with Crippen LogP contribution in [0.4, 0.5) is 11.6 Å². The summed E-state index contributed by atoms with van der Waals surface area (Å²) < 4.78 is 7.38. The number of ether oxygens (including phenoxy) is 1. The van der Waals surface area contributed by atoms with Crippen molar-refractivity contribution >= 4 is 17.5 Å². The monoisotopic (exact) mass is 355 g/mol. The van der Waals surface area contributed by atoms with E-state index in [4.69, 9.17) is 4.74 Å². The Bertz CT molecular complexity index is 795. The molecule has 0 spiro atoms. The highest BCUT2D eigenvalue weighted by molar-refractivity contribution is 5.94. The van der Waals surface area contributed by atoms with Gasteiger partial charge in [0.2, 0.25) is 5.91 Å². The Labute approximate surface area is 153 Å². The SMILES string of the molecule is CC(C)Cn1ncc2c1NC(=O)C[C@H]2c1cccnc1N1CCOCC1. The summed E-state index contributed by atoms with van der Waals surface area (Å²) in [6.07, 6.45) is 4.14. The van der Waals surface area contributed by atoms with Gasteiger partial charge in [0.05, 0.1) is 19.4 Å². The predicted octanol–water partition coefficient (Wildman–Crippen LogP) is 2.24. The van der Waals surface area contributed by atoms with Crippen LogP contribution < -0.4 is 10.2 Å². The first-order valence-electron chi connectivity index (χ1n) is 9.26. The van der Waals surface area contributed by atoms with Crippen molar-refractivity contribution < 1.29 is 9.53 Å². The molecule has 1 fully saturated rings. The van der Waals surface area contributed by atoms with Gasteiger partial charge < -0.3 is 15.0 Å². The summed E-state index contributed by atoms with van der Waals surface area (Å²) in [4.78, 5) is 19.3. The molecule has 0 saturated carbocycles. The first-order chi connectivity index (χ1) is 12.6. The molecule has 2 aromatic heterocycles. The Hall–Kier alpha value is -2.41. The zero-order valence-electron chi connectivity index (χ0n) is 15.3.